The van der Waals surface area contributed by atoms with Crippen molar-refractivity contribution in [3.63, 3.8) is 0 Å². The Hall–Kier alpha value is -1.78. The van der Waals surface area contributed by atoms with Crippen molar-refractivity contribution in [1.82, 2.24) is 4.98 Å². The molecule has 0 spiro atoms. The lowest BCUT2D eigenvalue weighted by Gasteiger charge is -2.10. The van der Waals surface area contributed by atoms with Gasteiger partial charge in [0, 0.05) is 23.8 Å². The van der Waals surface area contributed by atoms with Gasteiger partial charge < -0.3 is 11.1 Å². The number of hydrogen-bond acceptors (Lipinski definition) is 3. The zero-order valence-corrected chi connectivity index (χ0v) is 11.6. The Balaban J connectivity index is 2.33. The summed E-state index contributed by atoms with van der Waals surface area (Å²) in [5.74, 6) is -0.367. The van der Waals surface area contributed by atoms with Gasteiger partial charge in [0.2, 0.25) is 0 Å². The van der Waals surface area contributed by atoms with Crippen LogP contribution in [0.15, 0.2) is 30.6 Å². The number of pyridine rings is 1. The van der Waals surface area contributed by atoms with Crippen LogP contribution in [0.25, 0.3) is 0 Å². The molecule has 3 N–H and O–H groups in total. The van der Waals surface area contributed by atoms with E-state index in [4.69, 9.17) is 28.9 Å². The van der Waals surface area contributed by atoms with Crippen molar-refractivity contribution in [3.05, 3.63) is 51.8 Å². The van der Waals surface area contributed by atoms with Crippen LogP contribution in [-0.2, 0) is 0 Å². The van der Waals surface area contributed by atoms with Gasteiger partial charge in [0.1, 0.15) is 0 Å². The molecule has 98 valence electrons. The number of nitrogen functional groups attached to an aromatic ring is 1. The van der Waals surface area contributed by atoms with E-state index in [-0.39, 0.29) is 21.5 Å². The van der Waals surface area contributed by atoms with Crippen LogP contribution < -0.4 is 11.1 Å². The molecule has 2 rings (SSSR count). The molecule has 1 heterocycles. The van der Waals surface area contributed by atoms with Gasteiger partial charge in [0.25, 0.3) is 5.91 Å². The summed E-state index contributed by atoms with van der Waals surface area (Å²) in [6.07, 6.45) is 3.25. The zero-order valence-electron chi connectivity index (χ0n) is 10.1. The number of benzene rings is 1. The number of aromatic nitrogens is 1. The van der Waals surface area contributed by atoms with E-state index in [2.05, 4.69) is 10.3 Å². The minimum atomic E-state index is -0.367. The van der Waals surface area contributed by atoms with E-state index >= 15 is 0 Å². The third kappa shape index (κ3) is 2.97. The van der Waals surface area contributed by atoms with Gasteiger partial charge >= 0.3 is 0 Å². The molecule has 1 aromatic carbocycles. The molecule has 0 aliphatic rings. The second-order valence-corrected chi connectivity index (χ2v) is 4.79. The summed E-state index contributed by atoms with van der Waals surface area (Å²) in [7, 11) is 0. The topological polar surface area (TPSA) is 68.0 Å². The fraction of sp³-hybridized carbons (Fsp3) is 0.0769. The summed E-state index contributed by atoms with van der Waals surface area (Å²) in [5, 5.41) is 3.17. The van der Waals surface area contributed by atoms with Crippen LogP contribution in [0.1, 0.15) is 15.9 Å². The molecule has 1 amide bonds. The Labute approximate surface area is 120 Å². The third-order valence-corrected chi connectivity index (χ3v) is 3.37. The highest BCUT2D eigenvalue weighted by Gasteiger charge is 2.15. The van der Waals surface area contributed by atoms with Crippen LogP contribution in [0, 0.1) is 6.92 Å². The molecule has 4 nitrogen and oxygen atoms in total. The van der Waals surface area contributed by atoms with Crippen molar-refractivity contribution >= 4 is 40.5 Å². The molecule has 6 heteroatoms. The van der Waals surface area contributed by atoms with Crippen LogP contribution in [-0.4, -0.2) is 10.9 Å². The molecule has 0 saturated heterocycles. The number of amides is 1. The Kier molecular flexibility index (Phi) is 3.93. The van der Waals surface area contributed by atoms with Crippen molar-refractivity contribution < 1.29 is 4.79 Å². The molecule has 1 aromatic heterocycles. The van der Waals surface area contributed by atoms with Gasteiger partial charge in [0.15, 0.2) is 0 Å². The maximum Gasteiger partial charge on any atom is 0.257 e. The van der Waals surface area contributed by atoms with E-state index in [1.54, 1.807) is 18.5 Å². The molecular formula is C13H11Cl2N3O. The predicted octanol–water partition coefficient (Wildman–Crippen LogP) is 3.53. The first kappa shape index (κ1) is 13.6. The number of nitrogens with one attached hydrogen (secondary N) is 1. The molecule has 2 aromatic rings. The maximum absolute atomic E-state index is 12.2. The minimum Gasteiger partial charge on any atom is -0.399 e. The maximum atomic E-state index is 12.2. The zero-order chi connectivity index (χ0) is 14.0. The van der Waals surface area contributed by atoms with Crippen molar-refractivity contribution in [2.75, 3.05) is 11.1 Å². The SMILES string of the molecule is Cc1cnccc1NC(=O)c1cc(N)cc(Cl)c1Cl. The van der Waals surface area contributed by atoms with Gasteiger partial charge in [-0.25, -0.2) is 0 Å². The second-order valence-electron chi connectivity index (χ2n) is 4.01. The highest BCUT2D eigenvalue weighted by atomic mass is 35.5. The van der Waals surface area contributed by atoms with E-state index in [1.807, 2.05) is 6.92 Å². The van der Waals surface area contributed by atoms with E-state index < -0.39 is 0 Å². The lowest BCUT2D eigenvalue weighted by atomic mass is 10.1. The van der Waals surface area contributed by atoms with E-state index in [1.165, 1.54) is 12.1 Å². The molecule has 0 fully saturated rings. The fourth-order valence-electron chi connectivity index (χ4n) is 1.58. The molecule has 0 bridgehead atoms. The molecule has 0 atom stereocenters. The predicted molar refractivity (Wildman–Crippen MR) is 77.8 cm³/mol. The first-order valence-corrected chi connectivity index (χ1v) is 6.21. The summed E-state index contributed by atoms with van der Waals surface area (Å²) < 4.78 is 0. The van der Waals surface area contributed by atoms with Crippen LogP contribution >= 0.6 is 23.2 Å². The van der Waals surface area contributed by atoms with Gasteiger partial charge in [-0.2, -0.15) is 0 Å². The lowest BCUT2D eigenvalue weighted by molar-refractivity contribution is 0.102. The lowest BCUT2D eigenvalue weighted by Crippen LogP contribution is -2.14. The van der Waals surface area contributed by atoms with Crippen LogP contribution in [0.4, 0.5) is 11.4 Å². The Morgan fingerprint density at radius 1 is 1.37 bits per heavy atom. The number of nitrogens with two attached hydrogens (primary N) is 1. The third-order valence-electron chi connectivity index (χ3n) is 2.56. The van der Waals surface area contributed by atoms with Crippen LogP contribution in [0.2, 0.25) is 10.0 Å². The Morgan fingerprint density at radius 3 is 2.79 bits per heavy atom. The number of rotatable bonds is 2. The smallest absolute Gasteiger partial charge is 0.257 e. The molecule has 0 aliphatic heterocycles. The van der Waals surface area contributed by atoms with Gasteiger partial charge in [0.05, 0.1) is 15.6 Å². The quantitative estimate of drug-likeness (QED) is 0.833. The minimum absolute atomic E-state index is 0.181. The number of halogens is 2. The number of anilines is 2. The standard InChI is InChI=1S/C13H11Cl2N3O/c1-7-6-17-3-2-11(7)18-13(19)9-4-8(16)5-10(14)12(9)15/h2-6H,16H2,1H3,(H,17,18,19). The Morgan fingerprint density at radius 2 is 2.11 bits per heavy atom. The van der Waals surface area contributed by atoms with Gasteiger partial charge in [-0.15, -0.1) is 0 Å². The van der Waals surface area contributed by atoms with Gasteiger partial charge in [-0.3, -0.25) is 9.78 Å². The average molecular weight is 296 g/mol. The molecule has 0 radical (unpaired) electrons. The van der Waals surface area contributed by atoms with Crippen molar-refractivity contribution in [3.8, 4) is 0 Å². The fourth-order valence-corrected chi connectivity index (χ4v) is 2.00. The van der Waals surface area contributed by atoms with Crippen molar-refractivity contribution in [2.45, 2.75) is 6.92 Å². The summed E-state index contributed by atoms with van der Waals surface area (Å²) in [6, 6.07) is 4.69. The van der Waals surface area contributed by atoms with Crippen LogP contribution in [0.5, 0.6) is 0 Å². The molecule has 0 saturated carbocycles. The number of aryl methyl sites for hydroxylation is 1. The average Bonchev–Trinajstić information content (AvgIpc) is 2.36. The van der Waals surface area contributed by atoms with Gasteiger partial charge in [-0.1, -0.05) is 23.2 Å². The van der Waals surface area contributed by atoms with Crippen molar-refractivity contribution in [1.29, 1.82) is 0 Å². The first-order valence-electron chi connectivity index (χ1n) is 5.45. The summed E-state index contributed by atoms with van der Waals surface area (Å²) >= 11 is 11.9. The number of nitrogens with zero attached hydrogens (tertiary/aromatic N) is 1. The molecular weight excluding hydrogens is 285 g/mol. The van der Waals surface area contributed by atoms with E-state index in [9.17, 15) is 4.79 Å². The number of hydrogen-bond donors (Lipinski definition) is 2. The second kappa shape index (κ2) is 5.47. The molecule has 19 heavy (non-hydrogen) atoms. The van der Waals surface area contributed by atoms with E-state index in [0.29, 0.717) is 11.4 Å². The van der Waals surface area contributed by atoms with Crippen LogP contribution in [0.3, 0.4) is 0 Å². The number of carbonyl (C=O) groups excluding carboxylic acids is 1. The summed E-state index contributed by atoms with van der Waals surface area (Å²) in [5.41, 5.74) is 7.79. The monoisotopic (exact) mass is 295 g/mol. The summed E-state index contributed by atoms with van der Waals surface area (Å²) in [6.45, 7) is 1.84. The number of carbonyl (C=O) groups is 1. The largest absolute Gasteiger partial charge is 0.399 e. The van der Waals surface area contributed by atoms with Gasteiger partial charge in [-0.05, 0) is 30.7 Å². The first-order chi connectivity index (χ1) is 8.99. The van der Waals surface area contributed by atoms with E-state index in [0.717, 1.165) is 5.56 Å². The van der Waals surface area contributed by atoms with Crippen molar-refractivity contribution in [2.24, 2.45) is 0 Å². The normalized spacial score (nSPS) is 10.3. The Bertz CT molecular complexity index is 644. The highest BCUT2D eigenvalue weighted by Crippen LogP contribution is 2.29. The molecule has 0 aliphatic carbocycles. The highest BCUT2D eigenvalue weighted by molar-refractivity contribution is 6.44. The molecule has 0 unspecified atom stereocenters. The summed E-state index contributed by atoms with van der Waals surface area (Å²) in [4.78, 5) is 16.1.